The molecule has 0 spiro atoms. The molecule has 1 aromatic carbocycles. The van der Waals surface area contributed by atoms with Crippen LogP contribution in [0.5, 0.6) is 5.75 Å². The molecule has 1 aliphatic rings. The lowest BCUT2D eigenvalue weighted by molar-refractivity contribution is -0.000451. The Bertz CT molecular complexity index is 819. The van der Waals surface area contributed by atoms with Crippen LogP contribution in [0.2, 0.25) is 0 Å². The zero-order valence-electron chi connectivity index (χ0n) is 22.1. The van der Waals surface area contributed by atoms with Crippen molar-refractivity contribution >= 4 is 17.6 Å². The van der Waals surface area contributed by atoms with Crippen LogP contribution < -0.4 is 20.7 Å². The number of fused-ring (bicyclic) bond motifs is 1. The van der Waals surface area contributed by atoms with Gasteiger partial charge in [-0.2, -0.15) is 0 Å². The van der Waals surface area contributed by atoms with Crippen LogP contribution in [0.4, 0.5) is 10.5 Å². The fourth-order valence-corrected chi connectivity index (χ4v) is 4.12. The van der Waals surface area contributed by atoms with Crippen LogP contribution in [-0.4, -0.2) is 79.6 Å². The number of hydrogen-bond donors (Lipinski definition) is 4. The van der Waals surface area contributed by atoms with Crippen molar-refractivity contribution in [1.82, 2.24) is 15.5 Å². The van der Waals surface area contributed by atoms with Crippen LogP contribution in [0.15, 0.2) is 18.2 Å². The number of aliphatic hydroxyl groups is 1. The Morgan fingerprint density at radius 3 is 2.63 bits per heavy atom. The molecule has 1 aliphatic heterocycles. The van der Waals surface area contributed by atoms with Crippen molar-refractivity contribution in [2.24, 2.45) is 5.92 Å². The fourth-order valence-electron chi connectivity index (χ4n) is 4.12. The Kier molecular flexibility index (Phi) is 11.8. The quantitative estimate of drug-likeness (QED) is 0.485. The summed E-state index contributed by atoms with van der Waals surface area (Å²) >= 11 is 0. The van der Waals surface area contributed by atoms with Gasteiger partial charge in [0.15, 0.2) is 0 Å². The smallest absolute Gasteiger partial charge is 0.319 e. The van der Waals surface area contributed by atoms with E-state index in [4.69, 9.17) is 9.47 Å². The van der Waals surface area contributed by atoms with Gasteiger partial charge in [0, 0.05) is 37.3 Å². The second-order valence-electron chi connectivity index (χ2n) is 9.82. The second kappa shape index (κ2) is 14.3. The molecule has 0 bridgehead atoms. The normalized spacial score (nSPS) is 23.1. The van der Waals surface area contributed by atoms with Gasteiger partial charge in [0.25, 0.3) is 5.91 Å². The topological polar surface area (TPSA) is 112 Å². The largest absolute Gasteiger partial charge is 0.490 e. The molecule has 9 heteroatoms. The molecule has 0 saturated heterocycles. The number of urea groups is 1. The Morgan fingerprint density at radius 1 is 1.23 bits per heavy atom. The summed E-state index contributed by atoms with van der Waals surface area (Å²) in [5.74, 6) is 0.249. The van der Waals surface area contributed by atoms with E-state index >= 15 is 0 Å². The van der Waals surface area contributed by atoms with Gasteiger partial charge in [-0.05, 0) is 72.2 Å². The molecule has 9 nitrogen and oxygen atoms in total. The lowest BCUT2D eigenvalue weighted by Gasteiger charge is -2.34. The summed E-state index contributed by atoms with van der Waals surface area (Å²) in [5.41, 5.74) is 0.850. The van der Waals surface area contributed by atoms with Crippen molar-refractivity contribution in [3.05, 3.63) is 23.8 Å². The molecule has 0 radical (unpaired) electrons. The summed E-state index contributed by atoms with van der Waals surface area (Å²) in [5, 5.41) is 18.7. The highest BCUT2D eigenvalue weighted by atomic mass is 16.5. The number of aliphatic hydroxyl groups excluding tert-OH is 1. The maximum Gasteiger partial charge on any atom is 0.319 e. The van der Waals surface area contributed by atoms with E-state index < -0.39 is 6.04 Å². The molecule has 4 N–H and O–H groups in total. The van der Waals surface area contributed by atoms with E-state index in [-0.39, 0.29) is 42.7 Å². The summed E-state index contributed by atoms with van der Waals surface area (Å²) in [6.07, 6.45) is 2.55. The van der Waals surface area contributed by atoms with E-state index in [1.165, 1.54) is 0 Å². The van der Waals surface area contributed by atoms with Gasteiger partial charge in [0.05, 0.1) is 30.4 Å². The maximum absolute atomic E-state index is 13.9. The van der Waals surface area contributed by atoms with Crippen LogP contribution in [0.3, 0.4) is 0 Å². The number of amides is 3. The molecule has 0 aromatic heterocycles. The first-order valence-electron chi connectivity index (χ1n) is 12.7. The van der Waals surface area contributed by atoms with E-state index in [0.29, 0.717) is 36.7 Å². The van der Waals surface area contributed by atoms with Gasteiger partial charge in [-0.3, -0.25) is 4.79 Å². The number of anilines is 1. The maximum atomic E-state index is 13.9. The van der Waals surface area contributed by atoms with Gasteiger partial charge in [0.1, 0.15) is 5.75 Å². The predicted molar refractivity (Wildman–Crippen MR) is 138 cm³/mol. The molecule has 0 fully saturated rings. The second-order valence-corrected chi connectivity index (χ2v) is 9.82. The number of ether oxygens (including phenoxy) is 2. The molecule has 0 saturated carbocycles. The summed E-state index contributed by atoms with van der Waals surface area (Å²) < 4.78 is 12.4. The van der Waals surface area contributed by atoms with Gasteiger partial charge in [-0.25, -0.2) is 4.79 Å². The molecule has 1 heterocycles. The van der Waals surface area contributed by atoms with E-state index in [9.17, 15) is 14.7 Å². The lowest BCUT2D eigenvalue weighted by atomic mass is 10.0. The third kappa shape index (κ3) is 8.98. The molecule has 1 aromatic rings. The minimum absolute atomic E-state index is 0.0201. The third-order valence-electron chi connectivity index (χ3n) is 6.13. The average Bonchev–Trinajstić information content (AvgIpc) is 2.80. The summed E-state index contributed by atoms with van der Waals surface area (Å²) in [4.78, 5) is 27.8. The number of nitrogens with zero attached hydrogens (tertiary/aromatic N) is 1. The zero-order chi connectivity index (χ0) is 26.0. The Hall–Kier alpha value is -2.36. The van der Waals surface area contributed by atoms with Crippen molar-refractivity contribution in [1.29, 1.82) is 0 Å². The number of likely N-dealkylation sites (N-methyl/N-ethyl adjacent to an activating group) is 1. The SMILES string of the molecule is CNC[C@@H]1OCCCC[C@H](C)Oc2ccc(NC(=O)NC(C)C)cc2C(=O)N([C@@H](C)CO)C[C@@H]1C. The third-order valence-corrected chi connectivity index (χ3v) is 6.13. The minimum Gasteiger partial charge on any atom is -0.490 e. The summed E-state index contributed by atoms with van der Waals surface area (Å²) in [6, 6.07) is 4.36. The molecular formula is C26H44N4O5. The minimum atomic E-state index is -0.404. The predicted octanol–water partition coefficient (Wildman–Crippen LogP) is 3.23. The van der Waals surface area contributed by atoms with Crippen molar-refractivity contribution in [2.75, 3.05) is 38.7 Å². The highest BCUT2D eigenvalue weighted by molar-refractivity contribution is 5.99. The van der Waals surface area contributed by atoms with Crippen molar-refractivity contribution in [2.45, 2.75) is 78.2 Å². The van der Waals surface area contributed by atoms with Gasteiger partial charge in [0.2, 0.25) is 0 Å². The van der Waals surface area contributed by atoms with Crippen molar-refractivity contribution in [3.63, 3.8) is 0 Å². The summed E-state index contributed by atoms with van der Waals surface area (Å²) in [7, 11) is 1.89. The highest BCUT2D eigenvalue weighted by Crippen LogP contribution is 2.28. The van der Waals surface area contributed by atoms with Crippen LogP contribution in [0, 0.1) is 5.92 Å². The molecule has 0 unspecified atom stereocenters. The van der Waals surface area contributed by atoms with Crippen LogP contribution in [0.25, 0.3) is 0 Å². The first kappa shape index (κ1) is 28.9. The average molecular weight is 493 g/mol. The van der Waals surface area contributed by atoms with Crippen LogP contribution >= 0.6 is 0 Å². The van der Waals surface area contributed by atoms with E-state index in [0.717, 1.165) is 19.3 Å². The lowest BCUT2D eigenvalue weighted by Crippen LogP contribution is -2.47. The van der Waals surface area contributed by atoms with E-state index in [1.54, 1.807) is 23.1 Å². The Morgan fingerprint density at radius 2 is 1.97 bits per heavy atom. The number of nitrogens with one attached hydrogen (secondary N) is 3. The van der Waals surface area contributed by atoms with Crippen LogP contribution in [-0.2, 0) is 4.74 Å². The molecule has 198 valence electrons. The van der Waals surface area contributed by atoms with Gasteiger partial charge < -0.3 is 35.4 Å². The first-order chi connectivity index (χ1) is 16.7. The number of benzene rings is 1. The molecule has 0 aliphatic carbocycles. The standard InChI is InChI=1S/C26H44N4O5/c1-17(2)28-26(33)29-21-10-11-23-22(13-21)25(32)30(19(4)16-31)15-18(3)24(14-27-6)34-12-8-7-9-20(5)35-23/h10-11,13,17-20,24,27,31H,7-9,12,14-16H2,1-6H3,(H2,28,29,33)/t18-,19-,20-,24-/m0/s1. The number of rotatable bonds is 6. The molecule has 3 amide bonds. The van der Waals surface area contributed by atoms with Crippen LogP contribution in [0.1, 0.15) is 64.2 Å². The number of hydrogen-bond acceptors (Lipinski definition) is 6. The van der Waals surface area contributed by atoms with E-state index in [1.807, 2.05) is 34.7 Å². The summed E-state index contributed by atoms with van der Waals surface area (Å²) in [6.45, 7) is 11.2. The van der Waals surface area contributed by atoms with E-state index in [2.05, 4.69) is 22.9 Å². The fraction of sp³-hybridized carbons (Fsp3) is 0.692. The Labute approximate surface area is 209 Å². The van der Waals surface area contributed by atoms with Crippen molar-refractivity contribution < 1.29 is 24.2 Å². The number of carbonyl (C=O) groups is 2. The molecule has 35 heavy (non-hydrogen) atoms. The molecular weight excluding hydrogens is 448 g/mol. The molecule has 2 rings (SSSR count). The number of carbonyl (C=O) groups excluding carboxylic acids is 2. The van der Waals surface area contributed by atoms with Gasteiger partial charge >= 0.3 is 6.03 Å². The first-order valence-corrected chi connectivity index (χ1v) is 12.7. The highest BCUT2D eigenvalue weighted by Gasteiger charge is 2.29. The monoisotopic (exact) mass is 492 g/mol. The molecule has 4 atom stereocenters. The van der Waals surface area contributed by atoms with Gasteiger partial charge in [-0.1, -0.05) is 6.92 Å². The zero-order valence-corrected chi connectivity index (χ0v) is 22.1. The Balaban J connectivity index is 2.46. The van der Waals surface area contributed by atoms with Gasteiger partial charge in [-0.15, -0.1) is 0 Å². The van der Waals surface area contributed by atoms with Crippen molar-refractivity contribution in [3.8, 4) is 5.75 Å².